The zero-order valence-electron chi connectivity index (χ0n) is 20.8. The largest absolute Gasteiger partial charge is 0.495 e. The molecule has 4 heterocycles. The van der Waals surface area contributed by atoms with E-state index in [0.717, 1.165) is 33.5 Å². The van der Waals surface area contributed by atoms with E-state index in [9.17, 15) is 0 Å². The first-order chi connectivity index (χ1) is 19.2. The lowest BCUT2D eigenvalue weighted by Gasteiger charge is -2.12. The Morgan fingerprint density at radius 3 is 2.51 bits per heavy atom. The second kappa shape index (κ2) is 9.46. The maximum Gasteiger partial charge on any atom is 0.231 e. The normalized spacial score (nSPS) is 12.0. The molecule has 0 saturated carbocycles. The molecule has 0 bridgehead atoms. The number of hydrogen-bond acceptors (Lipinski definition) is 9. The summed E-state index contributed by atoms with van der Waals surface area (Å²) in [6.07, 6.45) is 3.33. The Morgan fingerprint density at radius 2 is 1.64 bits per heavy atom. The molecule has 0 saturated heterocycles. The summed E-state index contributed by atoms with van der Waals surface area (Å²) in [5.41, 5.74) is 3.88. The predicted octanol–water partition coefficient (Wildman–Crippen LogP) is 6.51. The molecule has 9 heteroatoms. The number of anilines is 2. The van der Waals surface area contributed by atoms with Gasteiger partial charge in [-0.3, -0.25) is 4.98 Å². The van der Waals surface area contributed by atoms with Crippen molar-refractivity contribution < 1.29 is 18.9 Å². The van der Waals surface area contributed by atoms with Crippen LogP contribution < -0.4 is 24.3 Å². The van der Waals surface area contributed by atoms with Gasteiger partial charge < -0.3 is 24.3 Å². The molecular formula is C30H21N5O4. The van der Waals surface area contributed by atoms with Gasteiger partial charge in [-0.15, -0.1) is 10.2 Å². The first kappa shape index (κ1) is 22.7. The van der Waals surface area contributed by atoms with E-state index in [4.69, 9.17) is 18.9 Å². The van der Waals surface area contributed by atoms with Gasteiger partial charge in [0, 0.05) is 40.4 Å². The van der Waals surface area contributed by atoms with Gasteiger partial charge in [-0.2, -0.15) is 0 Å². The molecule has 39 heavy (non-hydrogen) atoms. The second-order valence-electron chi connectivity index (χ2n) is 8.81. The average molecular weight is 516 g/mol. The van der Waals surface area contributed by atoms with Crippen LogP contribution in [-0.2, 0) is 0 Å². The number of rotatable bonds is 6. The summed E-state index contributed by atoms with van der Waals surface area (Å²) >= 11 is 0. The Morgan fingerprint density at radius 1 is 0.795 bits per heavy atom. The van der Waals surface area contributed by atoms with E-state index < -0.39 is 0 Å². The van der Waals surface area contributed by atoms with Crippen molar-refractivity contribution in [1.82, 2.24) is 20.2 Å². The summed E-state index contributed by atoms with van der Waals surface area (Å²) in [4.78, 5) is 8.80. The number of benzene rings is 3. The summed E-state index contributed by atoms with van der Waals surface area (Å²) in [6, 6.07) is 25.1. The SMILES string of the molecule is COc1cnc2c(Oc3ccc(Nc4nnc(-c5ccc6c(c5)OCO6)c5ccccc45)cc3)ccnc2c1. The fourth-order valence-electron chi connectivity index (χ4n) is 4.50. The smallest absolute Gasteiger partial charge is 0.231 e. The van der Waals surface area contributed by atoms with Crippen LogP contribution in [0.4, 0.5) is 11.5 Å². The van der Waals surface area contributed by atoms with Crippen LogP contribution in [0.2, 0.25) is 0 Å². The third-order valence-electron chi connectivity index (χ3n) is 6.43. The van der Waals surface area contributed by atoms with E-state index in [1.807, 2.05) is 72.8 Å². The number of hydrogen-bond donors (Lipinski definition) is 1. The number of ether oxygens (including phenoxy) is 4. The first-order valence-corrected chi connectivity index (χ1v) is 12.2. The summed E-state index contributed by atoms with van der Waals surface area (Å²) < 4.78 is 22.4. The third-order valence-corrected chi connectivity index (χ3v) is 6.43. The zero-order chi connectivity index (χ0) is 26.2. The van der Waals surface area contributed by atoms with Crippen molar-refractivity contribution in [1.29, 1.82) is 0 Å². The molecule has 190 valence electrons. The van der Waals surface area contributed by atoms with Crippen molar-refractivity contribution >= 4 is 33.3 Å². The number of pyridine rings is 2. The number of fused-ring (bicyclic) bond motifs is 3. The molecule has 0 fully saturated rings. The molecule has 0 amide bonds. The van der Waals surface area contributed by atoms with Gasteiger partial charge in [0.05, 0.1) is 18.8 Å². The van der Waals surface area contributed by atoms with Gasteiger partial charge in [-0.05, 0) is 42.5 Å². The quantitative estimate of drug-likeness (QED) is 0.266. The third kappa shape index (κ3) is 4.25. The predicted molar refractivity (Wildman–Crippen MR) is 147 cm³/mol. The average Bonchev–Trinajstić information content (AvgIpc) is 3.46. The molecule has 0 aliphatic carbocycles. The van der Waals surface area contributed by atoms with Crippen LogP contribution in [0.3, 0.4) is 0 Å². The lowest BCUT2D eigenvalue weighted by molar-refractivity contribution is 0.174. The summed E-state index contributed by atoms with van der Waals surface area (Å²) in [7, 11) is 1.60. The van der Waals surface area contributed by atoms with E-state index in [-0.39, 0.29) is 6.79 Å². The van der Waals surface area contributed by atoms with Gasteiger partial charge in [0.2, 0.25) is 6.79 Å². The zero-order valence-corrected chi connectivity index (χ0v) is 20.8. The topological polar surface area (TPSA) is 101 Å². The van der Waals surface area contributed by atoms with E-state index in [1.165, 1.54) is 0 Å². The highest BCUT2D eigenvalue weighted by Gasteiger charge is 2.17. The Kier molecular flexibility index (Phi) is 5.51. The second-order valence-corrected chi connectivity index (χ2v) is 8.81. The summed E-state index contributed by atoms with van der Waals surface area (Å²) in [5.74, 6) is 4.01. The van der Waals surface area contributed by atoms with Crippen LogP contribution in [0, 0.1) is 0 Å². The van der Waals surface area contributed by atoms with Crippen LogP contribution in [0.25, 0.3) is 33.1 Å². The van der Waals surface area contributed by atoms with Crippen molar-refractivity contribution in [3.63, 3.8) is 0 Å². The van der Waals surface area contributed by atoms with Gasteiger partial charge in [-0.25, -0.2) is 4.98 Å². The van der Waals surface area contributed by atoms with E-state index in [0.29, 0.717) is 39.8 Å². The molecule has 0 spiro atoms. The fraction of sp³-hybridized carbons (Fsp3) is 0.0667. The van der Waals surface area contributed by atoms with Crippen molar-refractivity contribution in [3.05, 3.63) is 91.3 Å². The van der Waals surface area contributed by atoms with Gasteiger partial charge in [0.1, 0.15) is 22.7 Å². The highest BCUT2D eigenvalue weighted by Crippen LogP contribution is 2.38. The van der Waals surface area contributed by atoms with E-state index >= 15 is 0 Å². The maximum absolute atomic E-state index is 6.12. The Balaban J connectivity index is 1.15. The van der Waals surface area contributed by atoms with Crippen molar-refractivity contribution in [2.24, 2.45) is 0 Å². The highest BCUT2D eigenvalue weighted by molar-refractivity contribution is 6.01. The molecule has 0 atom stereocenters. The molecule has 7 rings (SSSR count). The van der Waals surface area contributed by atoms with Gasteiger partial charge in [0.25, 0.3) is 0 Å². The van der Waals surface area contributed by atoms with Crippen LogP contribution in [0.5, 0.6) is 28.7 Å². The fourth-order valence-corrected chi connectivity index (χ4v) is 4.50. The Hall–Kier alpha value is -5.44. The number of aromatic nitrogens is 4. The molecule has 1 N–H and O–H groups in total. The van der Waals surface area contributed by atoms with Crippen LogP contribution in [0.15, 0.2) is 91.3 Å². The van der Waals surface area contributed by atoms with Gasteiger partial charge in [0.15, 0.2) is 23.1 Å². The van der Waals surface area contributed by atoms with Crippen LogP contribution in [-0.4, -0.2) is 34.1 Å². The number of nitrogens with zero attached hydrogens (tertiary/aromatic N) is 4. The molecule has 0 radical (unpaired) electrons. The minimum absolute atomic E-state index is 0.225. The first-order valence-electron chi connectivity index (χ1n) is 12.2. The van der Waals surface area contributed by atoms with Crippen LogP contribution in [0.1, 0.15) is 0 Å². The monoisotopic (exact) mass is 515 g/mol. The minimum atomic E-state index is 0.225. The molecule has 3 aromatic carbocycles. The van der Waals surface area contributed by atoms with Crippen molar-refractivity contribution in [3.8, 4) is 40.0 Å². The molecular weight excluding hydrogens is 494 g/mol. The Bertz CT molecular complexity index is 1840. The molecule has 6 aromatic rings. The number of nitrogens with one attached hydrogen (secondary N) is 1. The maximum atomic E-state index is 6.12. The lowest BCUT2D eigenvalue weighted by atomic mass is 10.0. The van der Waals surface area contributed by atoms with Gasteiger partial charge in [-0.1, -0.05) is 24.3 Å². The highest BCUT2D eigenvalue weighted by atomic mass is 16.7. The molecule has 1 aliphatic heterocycles. The van der Waals surface area contributed by atoms with Gasteiger partial charge >= 0.3 is 0 Å². The molecule has 3 aromatic heterocycles. The molecule has 0 unspecified atom stereocenters. The lowest BCUT2D eigenvalue weighted by Crippen LogP contribution is -1.99. The van der Waals surface area contributed by atoms with Crippen molar-refractivity contribution in [2.75, 3.05) is 19.2 Å². The standard InChI is InChI=1S/C30H21N5O4/c1-36-21-15-24-29(32-16-21)26(12-13-31-24)39-20-9-7-19(8-10-20)33-30-23-5-3-2-4-22(23)28(34-35-30)18-6-11-25-27(14-18)38-17-37-25/h2-16H,17H2,1H3,(H,33,35). The van der Waals surface area contributed by atoms with E-state index in [1.54, 1.807) is 25.6 Å². The van der Waals surface area contributed by atoms with Crippen molar-refractivity contribution in [2.45, 2.75) is 0 Å². The molecule has 9 nitrogen and oxygen atoms in total. The van der Waals surface area contributed by atoms with Crippen LogP contribution >= 0.6 is 0 Å². The van der Waals surface area contributed by atoms with E-state index in [2.05, 4.69) is 25.5 Å². The minimum Gasteiger partial charge on any atom is -0.495 e. The summed E-state index contributed by atoms with van der Waals surface area (Å²) in [5, 5.41) is 14.4. The number of methoxy groups -OCH3 is 1. The summed E-state index contributed by atoms with van der Waals surface area (Å²) in [6.45, 7) is 0.225. The Labute approximate surface area is 223 Å². The molecule has 1 aliphatic rings.